The van der Waals surface area contributed by atoms with Crippen LogP contribution in [-0.4, -0.2) is 16.2 Å². The minimum Gasteiger partial charge on any atom is -0.336 e. The minimum atomic E-state index is -1.35. The normalized spacial score (nSPS) is 23.8. The molecule has 6 rings (SSSR count). The van der Waals surface area contributed by atoms with Crippen molar-refractivity contribution >= 4 is 22.5 Å². The van der Waals surface area contributed by atoms with Gasteiger partial charge in [-0.1, -0.05) is 66.7 Å². The van der Waals surface area contributed by atoms with Gasteiger partial charge in [0.1, 0.15) is 5.60 Å². The van der Waals surface area contributed by atoms with Crippen molar-refractivity contribution in [2.45, 2.75) is 11.4 Å². The predicted molar refractivity (Wildman–Crippen MR) is 118 cm³/mol. The first kappa shape index (κ1) is 18.5. The zero-order valence-corrected chi connectivity index (χ0v) is 17.2. The average molecular weight is 429 g/mol. The first-order chi connectivity index (χ1) is 15.1. The van der Waals surface area contributed by atoms with Crippen molar-refractivity contribution in [3.8, 4) is 5.69 Å². The molecule has 2 aliphatic heterocycles. The lowest BCUT2D eigenvalue weighted by molar-refractivity contribution is -0.159. The number of para-hydroxylation sites is 1. The quantitative estimate of drug-likeness (QED) is 0.435. The van der Waals surface area contributed by atoms with Crippen molar-refractivity contribution in [1.82, 2.24) is 9.55 Å². The van der Waals surface area contributed by atoms with E-state index in [-0.39, 0.29) is 12.2 Å². The van der Waals surface area contributed by atoms with Crippen molar-refractivity contribution < 1.29 is 9.47 Å². The molecule has 6 heteroatoms. The Morgan fingerprint density at radius 1 is 1.06 bits per heavy atom. The first-order valence-electron chi connectivity index (χ1n) is 9.94. The summed E-state index contributed by atoms with van der Waals surface area (Å²) in [7, 11) is 0. The summed E-state index contributed by atoms with van der Waals surface area (Å²) in [6.07, 6.45) is 1.74. The van der Waals surface area contributed by atoms with E-state index in [9.17, 15) is 4.79 Å². The zero-order chi connectivity index (χ0) is 21.2. The molecule has 152 valence electrons. The molecule has 0 saturated carbocycles. The van der Waals surface area contributed by atoms with Gasteiger partial charge in [-0.3, -0.25) is 9.36 Å². The molecule has 2 atom stereocenters. The van der Waals surface area contributed by atoms with Gasteiger partial charge in [-0.2, -0.15) is 0 Å². The van der Waals surface area contributed by atoms with Gasteiger partial charge in [-0.25, -0.2) is 4.98 Å². The zero-order valence-electron chi connectivity index (χ0n) is 16.4. The van der Waals surface area contributed by atoms with Crippen LogP contribution in [0.2, 0.25) is 5.02 Å². The highest BCUT2D eigenvalue weighted by atomic mass is 35.5. The molecule has 0 bridgehead atoms. The van der Waals surface area contributed by atoms with Crippen molar-refractivity contribution in [1.29, 1.82) is 0 Å². The van der Waals surface area contributed by atoms with Crippen LogP contribution in [0.1, 0.15) is 17.0 Å². The third kappa shape index (κ3) is 2.39. The van der Waals surface area contributed by atoms with Gasteiger partial charge in [-0.15, -0.1) is 0 Å². The molecule has 4 aromatic rings. The second kappa shape index (κ2) is 6.37. The third-order valence-electron chi connectivity index (χ3n) is 6.03. The smallest absolute Gasteiger partial charge is 0.266 e. The number of fused-ring (bicyclic) bond motifs is 6. The number of benzene rings is 3. The van der Waals surface area contributed by atoms with E-state index < -0.39 is 11.4 Å². The Morgan fingerprint density at radius 2 is 1.84 bits per heavy atom. The highest BCUT2D eigenvalue weighted by molar-refractivity contribution is 6.30. The summed E-state index contributed by atoms with van der Waals surface area (Å²) in [5.74, 6) is -0.972. The van der Waals surface area contributed by atoms with Crippen LogP contribution in [0.4, 0.5) is 0 Å². The van der Waals surface area contributed by atoms with Crippen LogP contribution in [0, 0.1) is 0 Å². The molecule has 2 unspecified atom stereocenters. The number of rotatable bonds is 2. The van der Waals surface area contributed by atoms with Crippen molar-refractivity contribution in [3.05, 3.63) is 118 Å². The van der Waals surface area contributed by atoms with Crippen LogP contribution in [0.3, 0.4) is 0 Å². The van der Waals surface area contributed by atoms with E-state index in [4.69, 9.17) is 26.1 Å². The van der Waals surface area contributed by atoms with Crippen LogP contribution >= 0.6 is 11.6 Å². The van der Waals surface area contributed by atoms with Gasteiger partial charge in [-0.05, 0) is 35.9 Å². The molecule has 1 fully saturated rings. The predicted octanol–water partition coefficient (Wildman–Crippen LogP) is 4.68. The van der Waals surface area contributed by atoms with E-state index in [1.807, 2.05) is 54.6 Å². The summed E-state index contributed by atoms with van der Waals surface area (Å²) in [6.45, 7) is 4.25. The van der Waals surface area contributed by atoms with E-state index >= 15 is 0 Å². The van der Waals surface area contributed by atoms with Gasteiger partial charge in [0.15, 0.2) is 5.82 Å². The first-order valence-corrected chi connectivity index (χ1v) is 10.3. The molecular formula is C25H17ClN2O3. The number of ether oxygens (including phenoxy) is 2. The third-order valence-corrected chi connectivity index (χ3v) is 6.27. The van der Waals surface area contributed by atoms with Gasteiger partial charge in [0, 0.05) is 10.6 Å². The molecule has 1 spiro atoms. The molecule has 31 heavy (non-hydrogen) atoms. The Morgan fingerprint density at radius 3 is 2.65 bits per heavy atom. The van der Waals surface area contributed by atoms with E-state index in [1.165, 1.54) is 0 Å². The highest BCUT2D eigenvalue weighted by Crippen LogP contribution is 2.53. The average Bonchev–Trinajstić information content (AvgIpc) is 3.32. The highest BCUT2D eigenvalue weighted by Gasteiger charge is 2.58. The molecule has 0 amide bonds. The topological polar surface area (TPSA) is 53.4 Å². The molecule has 1 saturated heterocycles. The molecule has 5 nitrogen and oxygen atoms in total. The minimum absolute atomic E-state index is 0.191. The van der Waals surface area contributed by atoms with Crippen molar-refractivity contribution in [3.63, 3.8) is 0 Å². The summed E-state index contributed by atoms with van der Waals surface area (Å²) in [4.78, 5) is 18.3. The Labute approximate surface area is 183 Å². The fourth-order valence-corrected chi connectivity index (χ4v) is 4.68. The van der Waals surface area contributed by atoms with E-state index in [0.717, 1.165) is 5.56 Å². The fourth-order valence-electron chi connectivity index (χ4n) is 4.51. The Balaban J connectivity index is 1.66. The molecular weight excluding hydrogens is 412 g/mol. The number of halogens is 1. The van der Waals surface area contributed by atoms with Crippen LogP contribution in [0.25, 0.3) is 16.6 Å². The molecule has 0 N–H and O–H groups in total. The monoisotopic (exact) mass is 428 g/mol. The fraction of sp³-hybridized carbons (Fsp3) is 0.120. The Hall–Kier alpha value is -3.25. The van der Waals surface area contributed by atoms with Crippen molar-refractivity contribution in [2.75, 3.05) is 6.61 Å². The van der Waals surface area contributed by atoms with Crippen LogP contribution in [0.5, 0.6) is 0 Å². The van der Waals surface area contributed by atoms with Gasteiger partial charge < -0.3 is 9.47 Å². The largest absolute Gasteiger partial charge is 0.336 e. The van der Waals surface area contributed by atoms with Crippen LogP contribution in [0.15, 0.2) is 90.2 Å². The molecule has 0 aliphatic carbocycles. The van der Waals surface area contributed by atoms with E-state index in [0.29, 0.717) is 33.0 Å². The standard InChI is InChI=1S/C25H17ClN2O3/c1-2-24(16-8-4-3-5-9-16)15-30-25(31-24)19-13-12-17(26)14-21(19)28-22(29)18-10-6-7-11-20(18)27-23(25)28/h2-14H,1,15H2. The molecule has 3 aromatic carbocycles. The Bertz CT molecular complexity index is 1430. The number of nitrogens with zero attached hydrogens (tertiary/aromatic N) is 2. The summed E-state index contributed by atoms with van der Waals surface area (Å²) in [5, 5.41) is 1.03. The SMILES string of the molecule is C=CC1(c2ccccc2)COC2(O1)c1ccc(Cl)cc1-n1c2nc2ccccc2c1=O. The maximum Gasteiger partial charge on any atom is 0.266 e. The maximum absolute atomic E-state index is 13.5. The summed E-state index contributed by atoms with van der Waals surface area (Å²) < 4.78 is 14.7. The second-order valence-electron chi connectivity index (χ2n) is 7.72. The Kier molecular flexibility index (Phi) is 3.81. The lowest BCUT2D eigenvalue weighted by atomic mass is 9.95. The molecule has 1 aromatic heterocycles. The summed E-state index contributed by atoms with van der Waals surface area (Å²) in [6, 6.07) is 22.4. The molecule has 3 heterocycles. The molecule has 2 aliphatic rings. The number of aromatic nitrogens is 2. The van der Waals surface area contributed by atoms with E-state index in [1.54, 1.807) is 28.8 Å². The van der Waals surface area contributed by atoms with Gasteiger partial charge >= 0.3 is 0 Å². The van der Waals surface area contributed by atoms with Crippen LogP contribution < -0.4 is 5.56 Å². The summed E-state index contributed by atoms with van der Waals surface area (Å²) >= 11 is 6.30. The van der Waals surface area contributed by atoms with Crippen LogP contribution in [-0.2, 0) is 20.9 Å². The number of hydrogen-bond acceptors (Lipinski definition) is 4. The lowest BCUT2D eigenvalue weighted by Crippen LogP contribution is -2.34. The van der Waals surface area contributed by atoms with Gasteiger partial charge in [0.2, 0.25) is 0 Å². The van der Waals surface area contributed by atoms with Gasteiger partial charge in [0.25, 0.3) is 11.3 Å². The number of hydrogen-bond donors (Lipinski definition) is 0. The van der Waals surface area contributed by atoms with Gasteiger partial charge in [0.05, 0.1) is 23.2 Å². The maximum atomic E-state index is 13.5. The lowest BCUT2D eigenvalue weighted by Gasteiger charge is -2.28. The second-order valence-corrected chi connectivity index (χ2v) is 8.16. The molecule has 0 radical (unpaired) electrons. The van der Waals surface area contributed by atoms with Crippen molar-refractivity contribution in [2.24, 2.45) is 0 Å². The van der Waals surface area contributed by atoms with E-state index in [2.05, 4.69) is 6.58 Å². The summed E-state index contributed by atoms with van der Waals surface area (Å²) in [5.41, 5.74) is 1.72.